The van der Waals surface area contributed by atoms with E-state index in [9.17, 15) is 4.79 Å². The first-order valence-electron chi connectivity index (χ1n) is 2.55. The lowest BCUT2D eigenvalue weighted by Gasteiger charge is -2.08. The van der Waals surface area contributed by atoms with Crippen LogP contribution in [0.25, 0.3) is 0 Å². The quantitative estimate of drug-likeness (QED) is 0.468. The molecule has 0 saturated carbocycles. The zero-order valence-electron chi connectivity index (χ0n) is 5.30. The monoisotopic (exact) mass is 128 g/mol. The summed E-state index contributed by atoms with van der Waals surface area (Å²) in [4.78, 5) is 10.6. The fraction of sp³-hybridized carbons (Fsp3) is 0.500. The van der Waals surface area contributed by atoms with Gasteiger partial charge >= 0.3 is 0 Å². The minimum absolute atomic E-state index is 0.0602. The van der Waals surface area contributed by atoms with Gasteiger partial charge in [0.25, 0.3) is 0 Å². The third-order valence-corrected chi connectivity index (χ3v) is 1.01. The second kappa shape index (κ2) is 2.02. The highest BCUT2D eigenvalue weighted by Crippen LogP contribution is 1.88. The summed E-state index contributed by atoms with van der Waals surface area (Å²) < 4.78 is 0. The molecule has 9 heavy (non-hydrogen) atoms. The number of ketones is 1. The Kier molecular flexibility index (Phi) is 1.35. The lowest BCUT2D eigenvalue weighted by Crippen LogP contribution is -2.39. The van der Waals surface area contributed by atoms with Crippen LogP contribution in [0.2, 0.25) is 0 Å². The van der Waals surface area contributed by atoms with E-state index in [0.717, 1.165) is 0 Å². The molecule has 0 atom stereocenters. The van der Waals surface area contributed by atoms with Gasteiger partial charge in [-0.25, -0.2) is 5.53 Å². The van der Waals surface area contributed by atoms with Crippen LogP contribution in [0.3, 0.4) is 0 Å². The summed E-state index contributed by atoms with van der Waals surface area (Å²) in [7, 11) is 1.71. The van der Waals surface area contributed by atoms with Crippen molar-refractivity contribution in [3.63, 3.8) is 0 Å². The van der Waals surface area contributed by atoms with Gasteiger partial charge < -0.3 is 0 Å². The first-order chi connectivity index (χ1) is 4.22. The van der Waals surface area contributed by atoms with Crippen molar-refractivity contribution in [1.82, 2.24) is 16.1 Å². The van der Waals surface area contributed by atoms with Crippen LogP contribution < -0.4 is 11.1 Å². The Labute approximate surface area is 52.7 Å². The fourth-order valence-corrected chi connectivity index (χ4v) is 0.596. The Morgan fingerprint density at radius 1 is 1.78 bits per heavy atom. The van der Waals surface area contributed by atoms with Crippen molar-refractivity contribution < 1.29 is 4.79 Å². The summed E-state index contributed by atoms with van der Waals surface area (Å²) in [6.45, 7) is 1.46. The van der Waals surface area contributed by atoms with Crippen molar-refractivity contribution in [1.29, 1.82) is 0 Å². The molecule has 0 fully saturated rings. The molecule has 0 unspecified atom stereocenters. The lowest BCUT2D eigenvalue weighted by molar-refractivity contribution is -0.111. The van der Waals surface area contributed by atoms with Gasteiger partial charge in [-0.1, -0.05) is 0 Å². The molecular formula is C4H8N4O. The van der Waals surface area contributed by atoms with Crippen LogP contribution in [0.4, 0.5) is 0 Å². The number of hydrazone groups is 1. The molecule has 5 nitrogen and oxygen atoms in total. The molecule has 0 aromatic carbocycles. The Bertz CT molecular complexity index is 164. The van der Waals surface area contributed by atoms with Gasteiger partial charge in [0.2, 0.25) is 5.84 Å². The number of hydrogen-bond donors (Lipinski definition) is 2. The number of hydrazine groups is 2. The van der Waals surface area contributed by atoms with E-state index >= 15 is 0 Å². The molecule has 0 aliphatic carbocycles. The highest BCUT2D eigenvalue weighted by molar-refractivity contribution is 6.37. The second-order valence-corrected chi connectivity index (χ2v) is 1.77. The van der Waals surface area contributed by atoms with E-state index in [4.69, 9.17) is 0 Å². The first-order valence-corrected chi connectivity index (χ1v) is 2.55. The zero-order chi connectivity index (χ0) is 6.85. The molecule has 1 rings (SSSR count). The maximum Gasteiger partial charge on any atom is 0.208 e. The molecule has 1 aliphatic rings. The van der Waals surface area contributed by atoms with Crippen molar-refractivity contribution in [2.24, 2.45) is 5.10 Å². The van der Waals surface area contributed by atoms with Crippen molar-refractivity contribution in [2.75, 3.05) is 7.05 Å². The molecular weight excluding hydrogens is 120 g/mol. The lowest BCUT2D eigenvalue weighted by atomic mass is 10.4. The number of nitrogens with zero attached hydrogens (tertiary/aromatic N) is 2. The number of Topliss-reactive ketones (excluding diaryl/α,β-unsaturated/α-hetero) is 1. The van der Waals surface area contributed by atoms with Gasteiger partial charge in [-0.15, -0.1) is 10.6 Å². The number of nitrogens with one attached hydrogen (secondary N) is 2. The molecule has 2 N–H and O–H groups in total. The number of carbonyl (C=O) groups is 1. The minimum atomic E-state index is -0.0602. The topological polar surface area (TPSA) is 56.7 Å². The second-order valence-electron chi connectivity index (χ2n) is 1.77. The van der Waals surface area contributed by atoms with E-state index in [-0.39, 0.29) is 5.78 Å². The largest absolute Gasteiger partial charge is 0.291 e. The SMILES string of the molecule is CC(=O)C1=NNNN1C. The Morgan fingerprint density at radius 2 is 2.44 bits per heavy atom. The van der Waals surface area contributed by atoms with Crippen LogP contribution in [-0.2, 0) is 4.79 Å². The van der Waals surface area contributed by atoms with Gasteiger partial charge in [0.05, 0.1) is 0 Å². The van der Waals surface area contributed by atoms with E-state index in [1.165, 1.54) is 11.9 Å². The van der Waals surface area contributed by atoms with E-state index in [1.54, 1.807) is 7.05 Å². The number of likely N-dealkylation sites (N-methyl/N-ethyl adjacent to an activating group) is 1. The summed E-state index contributed by atoms with van der Waals surface area (Å²) in [6.07, 6.45) is 0. The standard InChI is InChI=1S/C4H8N4O/c1-3(9)4-5-6-7-8(4)2/h6-7H,1-2H3. The van der Waals surface area contributed by atoms with Crippen LogP contribution in [0, 0.1) is 0 Å². The van der Waals surface area contributed by atoms with Crippen LogP contribution >= 0.6 is 0 Å². The molecule has 0 radical (unpaired) electrons. The van der Waals surface area contributed by atoms with E-state index < -0.39 is 0 Å². The van der Waals surface area contributed by atoms with E-state index in [2.05, 4.69) is 16.2 Å². The number of carbonyl (C=O) groups excluding carboxylic acids is 1. The molecule has 0 aromatic rings. The summed E-state index contributed by atoms with van der Waals surface area (Å²) in [5.74, 6) is 0.338. The van der Waals surface area contributed by atoms with E-state index in [1.807, 2.05) is 0 Å². The van der Waals surface area contributed by atoms with E-state index in [0.29, 0.717) is 5.84 Å². The maximum absolute atomic E-state index is 10.6. The molecule has 50 valence electrons. The van der Waals surface area contributed by atoms with Gasteiger partial charge in [0, 0.05) is 14.0 Å². The van der Waals surface area contributed by atoms with Crippen molar-refractivity contribution >= 4 is 11.6 Å². The van der Waals surface area contributed by atoms with Gasteiger partial charge in [0.15, 0.2) is 5.78 Å². The molecule has 0 spiro atoms. The normalized spacial score (nSPS) is 17.1. The molecule has 0 amide bonds. The predicted molar refractivity (Wildman–Crippen MR) is 32.2 cm³/mol. The smallest absolute Gasteiger partial charge is 0.208 e. The molecule has 0 saturated heterocycles. The van der Waals surface area contributed by atoms with Gasteiger partial charge in [-0.05, 0) is 0 Å². The summed E-state index contributed by atoms with van der Waals surface area (Å²) in [5, 5.41) is 5.16. The summed E-state index contributed by atoms with van der Waals surface area (Å²) >= 11 is 0. The minimum Gasteiger partial charge on any atom is -0.291 e. The molecule has 0 aromatic heterocycles. The average molecular weight is 128 g/mol. The van der Waals surface area contributed by atoms with Gasteiger partial charge in [0.1, 0.15) is 0 Å². The van der Waals surface area contributed by atoms with Crippen LogP contribution in [0.5, 0.6) is 0 Å². The third kappa shape index (κ3) is 0.996. The van der Waals surface area contributed by atoms with Crippen LogP contribution in [0.15, 0.2) is 5.10 Å². The van der Waals surface area contributed by atoms with Crippen LogP contribution in [0.1, 0.15) is 6.92 Å². The number of hydrogen-bond acceptors (Lipinski definition) is 5. The summed E-state index contributed by atoms with van der Waals surface area (Å²) in [6, 6.07) is 0. The molecule has 5 heteroatoms. The Balaban J connectivity index is 2.68. The maximum atomic E-state index is 10.6. The van der Waals surface area contributed by atoms with Crippen LogP contribution in [-0.4, -0.2) is 23.7 Å². The molecule has 0 bridgehead atoms. The average Bonchev–Trinajstić information content (AvgIpc) is 2.13. The first kappa shape index (κ1) is 6.03. The number of rotatable bonds is 1. The van der Waals surface area contributed by atoms with Crippen molar-refractivity contribution in [3.05, 3.63) is 0 Å². The van der Waals surface area contributed by atoms with Crippen molar-refractivity contribution in [3.8, 4) is 0 Å². The fourth-order valence-electron chi connectivity index (χ4n) is 0.596. The molecule has 1 heterocycles. The highest BCUT2D eigenvalue weighted by atomic mass is 16.1. The highest BCUT2D eigenvalue weighted by Gasteiger charge is 2.15. The summed E-state index contributed by atoms with van der Waals surface area (Å²) in [5.41, 5.74) is 5.06. The predicted octanol–water partition coefficient (Wildman–Crippen LogP) is -1.16. The van der Waals surface area contributed by atoms with Gasteiger partial charge in [-0.2, -0.15) is 0 Å². The van der Waals surface area contributed by atoms with Crippen molar-refractivity contribution in [2.45, 2.75) is 6.92 Å². The third-order valence-electron chi connectivity index (χ3n) is 1.01. The Morgan fingerprint density at radius 3 is 2.67 bits per heavy atom. The zero-order valence-corrected chi connectivity index (χ0v) is 5.30. The Hall–Kier alpha value is -1.10. The molecule has 1 aliphatic heterocycles. The number of amidine groups is 1. The van der Waals surface area contributed by atoms with Gasteiger partial charge in [-0.3, -0.25) is 9.80 Å².